The topological polar surface area (TPSA) is 85.4 Å². The number of benzene rings is 2. The fraction of sp³-hybridized carbons (Fsp3) is 0.292. The monoisotopic (exact) mass is 418 g/mol. The van der Waals surface area contributed by atoms with E-state index in [4.69, 9.17) is 9.47 Å². The first kappa shape index (κ1) is 20.7. The first-order valence-electron chi connectivity index (χ1n) is 10.2. The predicted octanol–water partition coefficient (Wildman–Crippen LogP) is 5.56. The third-order valence-electron chi connectivity index (χ3n) is 4.66. The van der Waals surface area contributed by atoms with E-state index >= 15 is 0 Å². The van der Waals surface area contributed by atoms with Crippen molar-refractivity contribution < 1.29 is 14.3 Å². The number of amides is 1. The molecule has 1 amide bonds. The van der Waals surface area contributed by atoms with Crippen molar-refractivity contribution in [2.24, 2.45) is 0 Å². The lowest BCUT2D eigenvalue weighted by Crippen LogP contribution is -2.27. The summed E-state index contributed by atoms with van der Waals surface area (Å²) in [6.45, 7) is 7.55. The number of rotatable bonds is 4. The molecule has 1 aliphatic rings. The van der Waals surface area contributed by atoms with Crippen LogP contribution in [-0.4, -0.2) is 27.8 Å². The number of hydrogen-bond acceptors (Lipinski definition) is 6. The number of ether oxygens (including phenoxy) is 2. The highest BCUT2D eigenvalue weighted by Crippen LogP contribution is 2.32. The molecule has 7 heteroatoms. The van der Waals surface area contributed by atoms with Crippen LogP contribution in [0.5, 0.6) is 5.75 Å². The maximum atomic E-state index is 11.9. The molecule has 0 aliphatic carbocycles. The van der Waals surface area contributed by atoms with Gasteiger partial charge in [0.25, 0.3) is 0 Å². The maximum absolute atomic E-state index is 11.9. The minimum Gasteiger partial charge on any atom is -0.490 e. The highest BCUT2D eigenvalue weighted by Gasteiger charge is 2.19. The molecule has 2 aromatic carbocycles. The van der Waals surface area contributed by atoms with E-state index in [1.165, 1.54) is 5.56 Å². The molecule has 0 saturated heterocycles. The molecule has 2 heterocycles. The SMILES string of the molecule is CC1Cc2cc(-c3cc(Nc4ccc(NC(=O)OC(C)(C)C)cc4)ncn3)ccc2O1. The van der Waals surface area contributed by atoms with Crippen LogP contribution in [0.2, 0.25) is 0 Å². The summed E-state index contributed by atoms with van der Waals surface area (Å²) in [7, 11) is 0. The summed E-state index contributed by atoms with van der Waals surface area (Å²) in [5, 5.41) is 5.99. The summed E-state index contributed by atoms with van der Waals surface area (Å²) >= 11 is 0. The lowest BCUT2D eigenvalue weighted by Gasteiger charge is -2.19. The van der Waals surface area contributed by atoms with Crippen molar-refractivity contribution in [3.63, 3.8) is 0 Å². The van der Waals surface area contributed by atoms with E-state index < -0.39 is 11.7 Å². The van der Waals surface area contributed by atoms with Crippen molar-refractivity contribution in [1.82, 2.24) is 9.97 Å². The standard InChI is InChI=1S/C24H26N4O3/c1-15-11-17-12-16(5-10-21(17)30-15)20-13-22(26-14-25-20)27-18-6-8-19(9-7-18)28-23(29)31-24(2,3)4/h5-10,12-15H,11H2,1-4H3,(H,28,29)(H,25,26,27). The molecule has 7 nitrogen and oxygen atoms in total. The molecule has 1 unspecified atom stereocenters. The van der Waals surface area contributed by atoms with Gasteiger partial charge >= 0.3 is 6.09 Å². The minimum atomic E-state index is -0.541. The van der Waals surface area contributed by atoms with Crippen molar-refractivity contribution >= 4 is 23.3 Å². The van der Waals surface area contributed by atoms with Gasteiger partial charge in [-0.05, 0) is 75.7 Å². The first-order valence-corrected chi connectivity index (χ1v) is 10.2. The number of anilines is 3. The third kappa shape index (κ3) is 5.31. The van der Waals surface area contributed by atoms with Gasteiger partial charge < -0.3 is 14.8 Å². The van der Waals surface area contributed by atoms with Crippen LogP contribution >= 0.6 is 0 Å². The molecule has 0 spiro atoms. The fourth-order valence-electron chi connectivity index (χ4n) is 3.37. The maximum Gasteiger partial charge on any atom is 0.412 e. The summed E-state index contributed by atoms with van der Waals surface area (Å²) in [5.74, 6) is 1.63. The van der Waals surface area contributed by atoms with E-state index in [2.05, 4.69) is 33.6 Å². The molecule has 1 aliphatic heterocycles. The van der Waals surface area contributed by atoms with Gasteiger partial charge in [-0.25, -0.2) is 14.8 Å². The van der Waals surface area contributed by atoms with Crippen LogP contribution < -0.4 is 15.4 Å². The first-order chi connectivity index (χ1) is 14.7. The second-order valence-corrected chi connectivity index (χ2v) is 8.57. The average molecular weight is 418 g/mol. The quantitative estimate of drug-likeness (QED) is 0.577. The number of carbonyl (C=O) groups excluding carboxylic acids is 1. The second-order valence-electron chi connectivity index (χ2n) is 8.57. The number of carbonyl (C=O) groups is 1. The number of nitrogens with one attached hydrogen (secondary N) is 2. The zero-order valence-electron chi connectivity index (χ0n) is 18.1. The van der Waals surface area contributed by atoms with Crippen LogP contribution in [0.1, 0.15) is 33.3 Å². The van der Waals surface area contributed by atoms with Crippen molar-refractivity contribution in [2.45, 2.75) is 45.8 Å². The Kier molecular flexibility index (Phi) is 5.50. The van der Waals surface area contributed by atoms with Gasteiger partial charge in [0, 0.05) is 29.4 Å². The minimum absolute atomic E-state index is 0.209. The van der Waals surface area contributed by atoms with E-state index in [-0.39, 0.29) is 6.10 Å². The van der Waals surface area contributed by atoms with E-state index in [1.807, 2.05) is 51.1 Å². The van der Waals surface area contributed by atoms with E-state index in [1.54, 1.807) is 18.5 Å². The molecule has 1 atom stereocenters. The van der Waals surface area contributed by atoms with Crippen molar-refractivity contribution in [1.29, 1.82) is 0 Å². The van der Waals surface area contributed by atoms with Crippen molar-refractivity contribution in [2.75, 3.05) is 10.6 Å². The number of hydrogen-bond donors (Lipinski definition) is 2. The molecule has 2 N–H and O–H groups in total. The van der Waals surface area contributed by atoms with Crippen molar-refractivity contribution in [3.8, 4) is 17.0 Å². The second kappa shape index (κ2) is 8.26. The molecule has 0 saturated carbocycles. The molecule has 0 radical (unpaired) electrons. The van der Waals surface area contributed by atoms with Crippen molar-refractivity contribution in [3.05, 3.63) is 60.4 Å². The van der Waals surface area contributed by atoms with Crippen LogP contribution in [0.15, 0.2) is 54.9 Å². The Bertz CT molecular complexity index is 1090. The fourth-order valence-corrected chi connectivity index (χ4v) is 3.37. The van der Waals surface area contributed by atoms with E-state index in [0.717, 1.165) is 29.1 Å². The summed E-state index contributed by atoms with van der Waals surface area (Å²) in [4.78, 5) is 20.6. The normalized spacial score (nSPS) is 15.0. The molecule has 3 aromatic rings. The zero-order chi connectivity index (χ0) is 22.0. The van der Waals surface area contributed by atoms with Gasteiger partial charge in [-0.1, -0.05) is 0 Å². The smallest absolute Gasteiger partial charge is 0.412 e. The number of aromatic nitrogens is 2. The van der Waals surface area contributed by atoms with Crippen LogP contribution in [0.4, 0.5) is 22.0 Å². The highest BCUT2D eigenvalue weighted by atomic mass is 16.6. The molecule has 4 rings (SSSR count). The Hall–Kier alpha value is -3.61. The summed E-state index contributed by atoms with van der Waals surface area (Å²) < 4.78 is 11.0. The zero-order valence-corrected chi connectivity index (χ0v) is 18.1. The Morgan fingerprint density at radius 3 is 2.55 bits per heavy atom. The van der Waals surface area contributed by atoms with E-state index in [9.17, 15) is 4.79 Å². The Balaban J connectivity index is 1.44. The Morgan fingerprint density at radius 2 is 1.81 bits per heavy atom. The predicted molar refractivity (Wildman–Crippen MR) is 121 cm³/mol. The average Bonchev–Trinajstić information content (AvgIpc) is 3.07. The van der Waals surface area contributed by atoms with Gasteiger partial charge in [-0.3, -0.25) is 5.32 Å². The van der Waals surface area contributed by atoms with Crippen LogP contribution in [-0.2, 0) is 11.2 Å². The molecular formula is C24H26N4O3. The Labute approximate surface area is 181 Å². The largest absolute Gasteiger partial charge is 0.490 e. The molecule has 160 valence electrons. The lowest BCUT2D eigenvalue weighted by atomic mass is 10.0. The van der Waals surface area contributed by atoms with Gasteiger partial charge in [0.05, 0.1) is 5.69 Å². The molecule has 31 heavy (non-hydrogen) atoms. The summed E-state index contributed by atoms with van der Waals surface area (Å²) in [6.07, 6.45) is 2.18. The molecular weight excluding hydrogens is 392 g/mol. The number of nitrogens with zero attached hydrogens (tertiary/aromatic N) is 2. The van der Waals surface area contributed by atoms with Gasteiger partial charge in [0.15, 0.2) is 0 Å². The molecule has 1 aromatic heterocycles. The highest BCUT2D eigenvalue weighted by molar-refractivity contribution is 5.85. The van der Waals surface area contributed by atoms with Gasteiger partial charge in [-0.2, -0.15) is 0 Å². The van der Waals surface area contributed by atoms with Crippen LogP contribution in [0.3, 0.4) is 0 Å². The Morgan fingerprint density at radius 1 is 1.06 bits per heavy atom. The van der Waals surface area contributed by atoms with Gasteiger partial charge in [0.1, 0.15) is 29.6 Å². The van der Waals surface area contributed by atoms with Gasteiger partial charge in [-0.15, -0.1) is 0 Å². The van der Waals surface area contributed by atoms with Gasteiger partial charge in [0.2, 0.25) is 0 Å². The van der Waals surface area contributed by atoms with Crippen LogP contribution in [0.25, 0.3) is 11.3 Å². The summed E-state index contributed by atoms with van der Waals surface area (Å²) in [5.41, 5.74) is 4.02. The molecule has 0 fully saturated rings. The van der Waals surface area contributed by atoms with Crippen LogP contribution in [0, 0.1) is 0 Å². The number of fused-ring (bicyclic) bond motifs is 1. The molecule has 0 bridgehead atoms. The summed E-state index contributed by atoms with van der Waals surface area (Å²) in [6, 6.07) is 15.4. The van der Waals surface area contributed by atoms with E-state index in [0.29, 0.717) is 11.5 Å². The lowest BCUT2D eigenvalue weighted by molar-refractivity contribution is 0.0636. The third-order valence-corrected chi connectivity index (χ3v) is 4.66.